The highest BCUT2D eigenvalue weighted by atomic mass is 16.2. The summed E-state index contributed by atoms with van der Waals surface area (Å²) in [6.07, 6.45) is 5.39. The van der Waals surface area contributed by atoms with E-state index < -0.39 is 0 Å². The normalized spacial score (nSPS) is 28.7. The van der Waals surface area contributed by atoms with Crippen LogP contribution in [0, 0.1) is 18.8 Å². The Hall–Kier alpha value is -2.16. The fourth-order valence-corrected chi connectivity index (χ4v) is 6.73. The second kappa shape index (κ2) is 12.8. The molecular formula is C30H50N6O2. The van der Waals surface area contributed by atoms with Gasteiger partial charge in [-0.3, -0.25) is 9.59 Å². The predicted octanol–water partition coefficient (Wildman–Crippen LogP) is 2.47. The number of piperidine rings is 3. The summed E-state index contributed by atoms with van der Waals surface area (Å²) in [6, 6.07) is 5.62. The zero-order valence-corrected chi connectivity index (χ0v) is 24.4. The Morgan fingerprint density at radius 3 is 2.45 bits per heavy atom. The Kier molecular flexibility index (Phi) is 9.71. The van der Waals surface area contributed by atoms with Gasteiger partial charge in [-0.25, -0.2) is 0 Å². The lowest BCUT2D eigenvalue weighted by Gasteiger charge is -2.36. The number of benzene rings is 1. The first-order valence-electron chi connectivity index (χ1n) is 14.7. The van der Waals surface area contributed by atoms with E-state index in [-0.39, 0.29) is 29.7 Å². The summed E-state index contributed by atoms with van der Waals surface area (Å²) in [4.78, 5) is 30.9. The molecule has 4 N–H and O–H groups in total. The summed E-state index contributed by atoms with van der Waals surface area (Å²) in [5.41, 5.74) is 4.17. The van der Waals surface area contributed by atoms with Gasteiger partial charge < -0.3 is 31.1 Å². The first-order valence-corrected chi connectivity index (χ1v) is 14.7. The second-order valence-electron chi connectivity index (χ2n) is 12.4. The van der Waals surface area contributed by atoms with Crippen molar-refractivity contribution in [2.45, 2.75) is 76.9 Å². The van der Waals surface area contributed by atoms with Gasteiger partial charge in [-0.05, 0) is 108 Å². The highest BCUT2D eigenvalue weighted by molar-refractivity contribution is 5.97. The van der Waals surface area contributed by atoms with E-state index in [2.05, 4.69) is 78.2 Å². The van der Waals surface area contributed by atoms with Crippen molar-refractivity contribution in [3.05, 3.63) is 28.8 Å². The van der Waals surface area contributed by atoms with Gasteiger partial charge in [0.2, 0.25) is 5.91 Å². The molecular weight excluding hydrogens is 476 g/mol. The lowest BCUT2D eigenvalue weighted by Crippen LogP contribution is -2.50. The van der Waals surface area contributed by atoms with Crippen LogP contribution in [-0.4, -0.2) is 88.7 Å². The number of hydrogen-bond acceptors (Lipinski definition) is 6. The smallest absolute Gasteiger partial charge is 0.251 e. The molecule has 0 saturated carbocycles. The number of likely N-dealkylation sites (N-methyl/N-ethyl adjacent to an activating group) is 1. The number of carbonyl (C=O) groups is 2. The highest BCUT2D eigenvalue weighted by Crippen LogP contribution is 2.34. The summed E-state index contributed by atoms with van der Waals surface area (Å²) in [5.74, 6) is 0.417. The average Bonchev–Trinajstić information content (AvgIpc) is 2.88. The number of anilines is 1. The first-order chi connectivity index (χ1) is 18.1. The summed E-state index contributed by atoms with van der Waals surface area (Å²) in [7, 11) is 6.44. The van der Waals surface area contributed by atoms with E-state index in [1.165, 1.54) is 5.56 Å². The lowest BCUT2D eigenvalue weighted by molar-refractivity contribution is -0.129. The topological polar surface area (TPSA) is 88.7 Å². The number of nitrogens with zero attached hydrogens (tertiary/aromatic N) is 2. The fourth-order valence-electron chi connectivity index (χ4n) is 6.73. The van der Waals surface area contributed by atoms with E-state index in [1.54, 1.807) is 0 Å². The Labute approximate surface area is 229 Å². The third kappa shape index (κ3) is 6.88. The molecule has 3 aliphatic rings. The molecule has 3 fully saturated rings. The molecule has 0 aliphatic carbocycles. The van der Waals surface area contributed by atoms with Crippen molar-refractivity contribution in [1.82, 2.24) is 26.2 Å². The maximum Gasteiger partial charge on any atom is 0.251 e. The van der Waals surface area contributed by atoms with Gasteiger partial charge in [-0.1, -0.05) is 6.92 Å². The Morgan fingerprint density at radius 2 is 1.82 bits per heavy atom. The van der Waals surface area contributed by atoms with Crippen LogP contribution >= 0.6 is 0 Å². The van der Waals surface area contributed by atoms with Gasteiger partial charge in [-0.15, -0.1) is 0 Å². The molecule has 38 heavy (non-hydrogen) atoms. The van der Waals surface area contributed by atoms with Crippen molar-refractivity contribution >= 4 is 17.5 Å². The van der Waals surface area contributed by atoms with Crippen molar-refractivity contribution in [1.29, 1.82) is 0 Å². The van der Waals surface area contributed by atoms with Gasteiger partial charge >= 0.3 is 0 Å². The molecule has 3 aliphatic heterocycles. The minimum atomic E-state index is -0.188. The van der Waals surface area contributed by atoms with Gasteiger partial charge in [0, 0.05) is 56.1 Å². The number of rotatable bonds is 8. The van der Waals surface area contributed by atoms with Crippen LogP contribution in [0.15, 0.2) is 12.1 Å². The lowest BCUT2D eigenvalue weighted by atomic mass is 9.84. The molecule has 8 heteroatoms. The van der Waals surface area contributed by atoms with Crippen molar-refractivity contribution < 1.29 is 9.59 Å². The molecule has 8 nitrogen and oxygen atoms in total. The number of carbonyl (C=O) groups excluding carboxylic acids is 2. The summed E-state index contributed by atoms with van der Waals surface area (Å²) >= 11 is 0. The minimum Gasteiger partial charge on any atom is -0.371 e. The summed E-state index contributed by atoms with van der Waals surface area (Å²) in [5, 5.41) is 13.4. The second-order valence-corrected chi connectivity index (χ2v) is 12.4. The molecule has 0 aromatic heterocycles. The highest BCUT2D eigenvalue weighted by Gasteiger charge is 2.33. The van der Waals surface area contributed by atoms with Crippen LogP contribution in [0.3, 0.4) is 0 Å². The third-order valence-corrected chi connectivity index (χ3v) is 9.08. The molecule has 1 aromatic carbocycles. The first kappa shape index (κ1) is 28.8. The SMILES string of the molecule is Cc1c(C(=O)NCC2C(=O)NC(C)CC2C)cc(C2CCC(CN(C)C)NC2)cc1N(C)C1CCNCC1. The van der Waals surface area contributed by atoms with Crippen molar-refractivity contribution in [3.8, 4) is 0 Å². The number of amides is 2. The largest absolute Gasteiger partial charge is 0.371 e. The predicted molar refractivity (Wildman–Crippen MR) is 155 cm³/mol. The summed E-state index contributed by atoms with van der Waals surface area (Å²) < 4.78 is 0. The van der Waals surface area contributed by atoms with Crippen LogP contribution < -0.4 is 26.2 Å². The average molecular weight is 527 g/mol. The molecule has 212 valence electrons. The van der Waals surface area contributed by atoms with Crippen LogP contribution in [0.2, 0.25) is 0 Å². The van der Waals surface area contributed by atoms with E-state index in [1.807, 2.05) is 6.92 Å². The van der Waals surface area contributed by atoms with Crippen molar-refractivity contribution in [3.63, 3.8) is 0 Å². The fraction of sp³-hybridized carbons (Fsp3) is 0.733. The molecule has 5 atom stereocenters. The van der Waals surface area contributed by atoms with Gasteiger partial charge in [0.1, 0.15) is 0 Å². The molecule has 3 saturated heterocycles. The Morgan fingerprint density at radius 1 is 1.08 bits per heavy atom. The monoisotopic (exact) mass is 526 g/mol. The van der Waals surface area contributed by atoms with Gasteiger partial charge in [0.25, 0.3) is 5.91 Å². The van der Waals surface area contributed by atoms with Crippen LogP contribution in [-0.2, 0) is 4.79 Å². The van der Waals surface area contributed by atoms with Gasteiger partial charge in [-0.2, -0.15) is 0 Å². The third-order valence-electron chi connectivity index (χ3n) is 9.08. The van der Waals surface area contributed by atoms with E-state index in [0.29, 0.717) is 24.5 Å². The molecule has 0 spiro atoms. The van der Waals surface area contributed by atoms with E-state index in [9.17, 15) is 9.59 Å². The maximum absolute atomic E-state index is 13.7. The quantitative estimate of drug-likeness (QED) is 0.416. The maximum atomic E-state index is 13.7. The minimum absolute atomic E-state index is 0.0499. The molecule has 0 radical (unpaired) electrons. The van der Waals surface area contributed by atoms with Gasteiger partial charge in [0.05, 0.1) is 5.92 Å². The van der Waals surface area contributed by atoms with Crippen molar-refractivity contribution in [2.75, 3.05) is 58.8 Å². The van der Waals surface area contributed by atoms with Gasteiger partial charge in [0.15, 0.2) is 0 Å². The molecule has 5 unspecified atom stereocenters. The zero-order chi connectivity index (χ0) is 27.4. The van der Waals surface area contributed by atoms with E-state index in [4.69, 9.17) is 0 Å². The van der Waals surface area contributed by atoms with Crippen molar-refractivity contribution in [2.24, 2.45) is 11.8 Å². The Bertz CT molecular complexity index is 968. The van der Waals surface area contributed by atoms with Crippen LogP contribution in [0.1, 0.15) is 73.4 Å². The van der Waals surface area contributed by atoms with Crippen LogP contribution in [0.5, 0.6) is 0 Å². The molecule has 1 aromatic rings. The number of hydrogen-bond donors (Lipinski definition) is 4. The number of nitrogens with one attached hydrogen (secondary N) is 4. The van der Waals surface area contributed by atoms with Crippen LogP contribution in [0.25, 0.3) is 0 Å². The summed E-state index contributed by atoms with van der Waals surface area (Å²) in [6.45, 7) is 10.6. The van der Waals surface area contributed by atoms with Crippen LogP contribution in [0.4, 0.5) is 5.69 Å². The zero-order valence-electron chi connectivity index (χ0n) is 24.4. The molecule has 3 heterocycles. The molecule has 0 bridgehead atoms. The van der Waals surface area contributed by atoms with E-state index >= 15 is 0 Å². The van der Waals surface area contributed by atoms with E-state index in [0.717, 1.165) is 75.1 Å². The Balaban J connectivity index is 1.56. The molecule has 2 amide bonds. The molecule has 4 rings (SSSR count). The standard InChI is InChI=1S/C30H50N6O2/c1-19-13-20(2)34-30(38)27(19)17-33-29(37)26-14-23(22-7-8-24(32-16-22)18-35(4)5)15-28(21(26)3)36(6)25-9-11-31-12-10-25/h14-15,19-20,22,24-25,27,31-32H,7-13,16-18H2,1-6H3,(H,33,37)(H,34,38).